The van der Waals surface area contributed by atoms with Gasteiger partial charge in [0.2, 0.25) is 11.8 Å². The van der Waals surface area contributed by atoms with Crippen molar-refractivity contribution in [2.24, 2.45) is 5.90 Å². The summed E-state index contributed by atoms with van der Waals surface area (Å²) < 4.78 is 5.90. The van der Waals surface area contributed by atoms with E-state index in [0.717, 1.165) is 30.9 Å². The van der Waals surface area contributed by atoms with Gasteiger partial charge >= 0.3 is 0 Å². The lowest BCUT2D eigenvalue weighted by atomic mass is 10.3. The van der Waals surface area contributed by atoms with Crippen LogP contribution in [0.25, 0.3) is 0 Å². The van der Waals surface area contributed by atoms with Gasteiger partial charge in [0.05, 0.1) is 6.54 Å². The predicted octanol–water partition coefficient (Wildman–Crippen LogP) is 2.49. The van der Waals surface area contributed by atoms with Crippen LogP contribution in [0.1, 0.15) is 25.5 Å². The van der Waals surface area contributed by atoms with E-state index in [1.165, 1.54) is 12.8 Å². The molecule has 1 aliphatic heterocycles. The first-order valence-corrected chi connectivity index (χ1v) is 10.0. The van der Waals surface area contributed by atoms with E-state index >= 15 is 0 Å². The fourth-order valence-corrected chi connectivity index (χ4v) is 3.11. The third kappa shape index (κ3) is 6.75. The zero-order valence-electron chi connectivity index (χ0n) is 17.6. The van der Waals surface area contributed by atoms with Gasteiger partial charge in [-0.1, -0.05) is 12.2 Å². The third-order valence-corrected chi connectivity index (χ3v) is 4.50. The second-order valence-electron chi connectivity index (χ2n) is 7.30. The van der Waals surface area contributed by atoms with Gasteiger partial charge in [0.1, 0.15) is 18.2 Å². The standard InChI is InChI=1S/C20H30N8O2/c1-14(2)10-16(30-21)13-22-20-24-17(23-18-11-15(3)26-27-18)12-19(25-20)29-9-8-28-6-4-5-7-28/h10-12H,1,4-9,13,21H2,2-3H3,(H3,22,23,24,25,26,27)/b16-10-. The monoisotopic (exact) mass is 414 g/mol. The predicted molar refractivity (Wildman–Crippen MR) is 116 cm³/mol. The number of likely N-dealkylation sites (tertiary alicyclic amines) is 1. The molecular weight excluding hydrogens is 384 g/mol. The number of rotatable bonds is 11. The molecule has 0 aromatic carbocycles. The van der Waals surface area contributed by atoms with Crippen molar-refractivity contribution >= 4 is 17.6 Å². The quantitative estimate of drug-likeness (QED) is 0.249. The van der Waals surface area contributed by atoms with E-state index in [9.17, 15) is 0 Å². The Hall–Kier alpha value is -3.11. The van der Waals surface area contributed by atoms with Crippen LogP contribution in [0, 0.1) is 6.92 Å². The molecule has 1 saturated heterocycles. The second-order valence-corrected chi connectivity index (χ2v) is 7.30. The number of aryl methyl sites for hydroxylation is 1. The van der Waals surface area contributed by atoms with Crippen LogP contribution in [0.3, 0.4) is 0 Å². The number of nitrogens with one attached hydrogen (secondary N) is 3. The van der Waals surface area contributed by atoms with Crippen LogP contribution in [-0.2, 0) is 4.84 Å². The molecule has 0 radical (unpaired) electrons. The lowest BCUT2D eigenvalue weighted by Crippen LogP contribution is -2.25. The Kier molecular flexibility index (Phi) is 7.63. The summed E-state index contributed by atoms with van der Waals surface area (Å²) in [5, 5.41) is 13.4. The summed E-state index contributed by atoms with van der Waals surface area (Å²) in [6, 6.07) is 3.64. The summed E-state index contributed by atoms with van der Waals surface area (Å²) in [7, 11) is 0. The molecular formula is C20H30N8O2. The van der Waals surface area contributed by atoms with Crippen LogP contribution in [0.2, 0.25) is 0 Å². The average Bonchev–Trinajstić information content (AvgIpc) is 3.36. The lowest BCUT2D eigenvalue weighted by molar-refractivity contribution is 0.219. The molecule has 0 bridgehead atoms. The Morgan fingerprint density at radius 1 is 1.30 bits per heavy atom. The molecule has 162 valence electrons. The second kappa shape index (κ2) is 10.6. The van der Waals surface area contributed by atoms with Gasteiger partial charge in [0, 0.05) is 24.4 Å². The normalized spacial score (nSPS) is 14.6. The van der Waals surface area contributed by atoms with Crippen molar-refractivity contribution in [2.75, 3.05) is 43.4 Å². The smallest absolute Gasteiger partial charge is 0.228 e. The van der Waals surface area contributed by atoms with E-state index in [4.69, 9.17) is 15.5 Å². The molecule has 0 spiro atoms. The SMILES string of the molecule is C=C(C)/C=C(/CNc1nc(Nc2cc(C)[nH]n2)cc(OCCN2CCCC2)n1)ON. The van der Waals surface area contributed by atoms with Gasteiger partial charge in [-0.3, -0.25) is 10.00 Å². The summed E-state index contributed by atoms with van der Waals surface area (Å²) in [6.07, 6.45) is 4.25. The zero-order chi connectivity index (χ0) is 21.3. The van der Waals surface area contributed by atoms with E-state index in [-0.39, 0.29) is 0 Å². The third-order valence-electron chi connectivity index (χ3n) is 4.50. The maximum absolute atomic E-state index is 5.90. The molecule has 1 fully saturated rings. The number of aromatic amines is 1. The molecule has 10 nitrogen and oxygen atoms in total. The molecule has 2 aromatic rings. The van der Waals surface area contributed by atoms with Crippen LogP contribution in [-0.4, -0.2) is 57.9 Å². The van der Waals surface area contributed by atoms with E-state index in [0.29, 0.717) is 42.4 Å². The highest BCUT2D eigenvalue weighted by molar-refractivity contribution is 5.55. The minimum absolute atomic E-state index is 0.307. The van der Waals surface area contributed by atoms with E-state index in [1.807, 2.05) is 19.9 Å². The molecule has 0 saturated carbocycles. The molecule has 3 heterocycles. The van der Waals surface area contributed by atoms with Crippen molar-refractivity contribution in [2.45, 2.75) is 26.7 Å². The molecule has 5 N–H and O–H groups in total. The highest BCUT2D eigenvalue weighted by Crippen LogP contribution is 2.20. The zero-order valence-corrected chi connectivity index (χ0v) is 17.6. The van der Waals surface area contributed by atoms with Gasteiger partial charge in [-0.05, 0) is 45.9 Å². The number of H-pyrrole nitrogens is 1. The lowest BCUT2D eigenvalue weighted by Gasteiger charge is -2.15. The van der Waals surface area contributed by atoms with Gasteiger partial charge in [-0.2, -0.15) is 21.0 Å². The van der Waals surface area contributed by atoms with Crippen molar-refractivity contribution in [3.05, 3.63) is 41.8 Å². The van der Waals surface area contributed by atoms with Gasteiger partial charge in [-0.15, -0.1) is 0 Å². The fraction of sp³-hybridized carbons (Fsp3) is 0.450. The van der Waals surface area contributed by atoms with Crippen molar-refractivity contribution in [1.29, 1.82) is 0 Å². The van der Waals surface area contributed by atoms with Gasteiger partial charge in [-0.25, -0.2) is 0 Å². The minimum atomic E-state index is 0.307. The summed E-state index contributed by atoms with van der Waals surface area (Å²) in [6.45, 7) is 11.6. The Balaban J connectivity index is 1.70. The largest absolute Gasteiger partial charge is 0.476 e. The maximum Gasteiger partial charge on any atom is 0.228 e. The molecule has 30 heavy (non-hydrogen) atoms. The van der Waals surface area contributed by atoms with Crippen LogP contribution < -0.4 is 21.3 Å². The Morgan fingerprint density at radius 3 is 2.77 bits per heavy atom. The van der Waals surface area contributed by atoms with Gasteiger partial charge < -0.3 is 20.2 Å². The van der Waals surface area contributed by atoms with Gasteiger partial charge in [0.25, 0.3) is 0 Å². The summed E-state index contributed by atoms with van der Waals surface area (Å²) >= 11 is 0. The van der Waals surface area contributed by atoms with E-state index in [1.54, 1.807) is 12.1 Å². The fourth-order valence-electron chi connectivity index (χ4n) is 3.11. The van der Waals surface area contributed by atoms with Crippen molar-refractivity contribution in [3.63, 3.8) is 0 Å². The Morgan fingerprint density at radius 2 is 2.10 bits per heavy atom. The first-order valence-electron chi connectivity index (χ1n) is 10.0. The minimum Gasteiger partial charge on any atom is -0.476 e. The molecule has 0 aliphatic carbocycles. The summed E-state index contributed by atoms with van der Waals surface area (Å²) in [4.78, 5) is 16.2. The van der Waals surface area contributed by atoms with Crippen molar-refractivity contribution in [3.8, 4) is 5.88 Å². The molecule has 2 aromatic heterocycles. The highest BCUT2D eigenvalue weighted by Gasteiger charge is 2.12. The Bertz CT molecular complexity index is 873. The van der Waals surface area contributed by atoms with E-state index < -0.39 is 0 Å². The number of aromatic nitrogens is 4. The molecule has 3 rings (SSSR count). The number of allylic oxidation sites excluding steroid dienone is 2. The van der Waals surface area contributed by atoms with Gasteiger partial charge in [0.15, 0.2) is 5.82 Å². The number of hydrogen-bond acceptors (Lipinski definition) is 9. The number of ether oxygens (including phenoxy) is 1. The molecule has 0 atom stereocenters. The Labute approximate surface area is 176 Å². The molecule has 1 aliphatic rings. The van der Waals surface area contributed by atoms with Crippen LogP contribution in [0.15, 0.2) is 36.1 Å². The number of anilines is 3. The summed E-state index contributed by atoms with van der Waals surface area (Å²) in [5.41, 5.74) is 1.77. The molecule has 0 unspecified atom stereocenters. The topological polar surface area (TPSA) is 126 Å². The summed E-state index contributed by atoms with van der Waals surface area (Å²) in [5.74, 6) is 7.93. The maximum atomic E-state index is 5.90. The molecule has 0 amide bonds. The number of hydrogen-bond donors (Lipinski definition) is 4. The average molecular weight is 415 g/mol. The van der Waals surface area contributed by atoms with Crippen LogP contribution in [0.4, 0.5) is 17.6 Å². The first-order chi connectivity index (χ1) is 14.5. The van der Waals surface area contributed by atoms with Crippen molar-refractivity contribution in [1.82, 2.24) is 25.1 Å². The van der Waals surface area contributed by atoms with Crippen LogP contribution >= 0.6 is 0 Å². The molecule has 10 heteroatoms. The van der Waals surface area contributed by atoms with E-state index in [2.05, 4.69) is 42.3 Å². The number of nitrogens with two attached hydrogens (primary N) is 1. The van der Waals surface area contributed by atoms with Crippen LogP contribution in [0.5, 0.6) is 5.88 Å². The number of nitrogens with zero attached hydrogens (tertiary/aromatic N) is 4. The highest BCUT2D eigenvalue weighted by atomic mass is 16.6. The van der Waals surface area contributed by atoms with Crippen molar-refractivity contribution < 1.29 is 9.57 Å². The first kappa shape index (κ1) is 21.6.